The number of halogens is 3. The number of benzene rings is 1. The molecule has 0 saturated heterocycles. The monoisotopic (exact) mass is 606 g/mol. The number of fused-ring (bicyclic) bond motifs is 2. The van der Waals surface area contributed by atoms with Crippen LogP contribution in [0.25, 0.3) is 11.1 Å². The molecule has 4 rings (SSSR count). The highest BCUT2D eigenvalue weighted by Gasteiger charge is 2.65. The Morgan fingerprint density at radius 3 is 2.12 bits per heavy atom. The van der Waals surface area contributed by atoms with Crippen molar-refractivity contribution in [2.24, 2.45) is 11.7 Å². The van der Waals surface area contributed by atoms with Gasteiger partial charge in [0.1, 0.15) is 0 Å². The summed E-state index contributed by atoms with van der Waals surface area (Å²) in [6.07, 6.45) is 9.61. The van der Waals surface area contributed by atoms with E-state index in [0.29, 0.717) is 12.8 Å². The summed E-state index contributed by atoms with van der Waals surface area (Å²) in [5.74, 6) is -1.72. The molecule has 1 aromatic heterocycles. The van der Waals surface area contributed by atoms with Gasteiger partial charge in [-0.2, -0.15) is 0 Å². The van der Waals surface area contributed by atoms with Crippen molar-refractivity contribution in [2.45, 2.75) is 61.1 Å². The van der Waals surface area contributed by atoms with Crippen LogP contribution in [0.2, 0.25) is 0 Å². The SMILES string of the molecule is C/C=C1\CC(CC(=O)OC)(C(C(Cl)(Cl)Cl)C2(CC(=O)OC)C/C(=C\C=C/N)c3ccccc32)c2cc[nH]c21.CC. The van der Waals surface area contributed by atoms with Gasteiger partial charge in [0.15, 0.2) is 3.79 Å². The fourth-order valence-corrected chi connectivity index (χ4v) is 7.97. The van der Waals surface area contributed by atoms with Gasteiger partial charge in [-0.3, -0.25) is 9.59 Å². The molecule has 0 amide bonds. The third-order valence-electron chi connectivity index (χ3n) is 7.99. The van der Waals surface area contributed by atoms with Crippen LogP contribution >= 0.6 is 34.8 Å². The molecule has 3 N–H and O–H groups in total. The molecule has 1 aromatic carbocycles. The summed E-state index contributed by atoms with van der Waals surface area (Å²) in [6.45, 7) is 5.94. The van der Waals surface area contributed by atoms with Gasteiger partial charge in [0, 0.05) is 28.6 Å². The van der Waals surface area contributed by atoms with Crippen molar-refractivity contribution < 1.29 is 19.1 Å². The lowest BCUT2D eigenvalue weighted by Crippen LogP contribution is -2.54. The Balaban J connectivity index is 0.00000216. The molecular weight excluding hydrogens is 571 g/mol. The maximum atomic E-state index is 13.1. The second-order valence-corrected chi connectivity index (χ2v) is 12.2. The van der Waals surface area contributed by atoms with Crippen LogP contribution in [-0.2, 0) is 29.9 Å². The first-order chi connectivity index (χ1) is 19.1. The number of nitrogens with one attached hydrogen (secondary N) is 1. The number of carbonyl (C=O) groups is 2. The number of rotatable bonds is 7. The van der Waals surface area contributed by atoms with Gasteiger partial charge in [-0.15, -0.1) is 0 Å². The quantitative estimate of drug-likeness (QED) is 0.253. The molecule has 40 heavy (non-hydrogen) atoms. The summed E-state index contributed by atoms with van der Waals surface area (Å²) in [4.78, 5) is 29.5. The standard InChI is InChI=1S/C29H31Cl3N2O4.C2H6/c1-4-18-14-28(17-24(36)38-3,22-11-13-34-25(18)22)26(29(30,31)32)27(16-23(35)37-2)15-19(8-7-12-33)20-9-5-6-10-21(20)27;1-2/h4-13,26,34H,14-17,33H2,1-3H3;1-2H3/b12-7-,18-4+,19-8+;. The summed E-state index contributed by atoms with van der Waals surface area (Å²) in [5, 5.41) is 0. The second kappa shape index (κ2) is 12.9. The van der Waals surface area contributed by atoms with Crippen LogP contribution in [0.4, 0.5) is 0 Å². The summed E-state index contributed by atoms with van der Waals surface area (Å²) < 4.78 is 8.48. The number of allylic oxidation sites excluding steroid dienone is 5. The first-order valence-corrected chi connectivity index (χ1v) is 14.4. The van der Waals surface area contributed by atoms with E-state index in [0.717, 1.165) is 33.5 Å². The van der Waals surface area contributed by atoms with Gasteiger partial charge in [0.25, 0.3) is 0 Å². The highest BCUT2D eigenvalue weighted by Crippen LogP contribution is 2.67. The van der Waals surface area contributed by atoms with Crippen molar-refractivity contribution >= 4 is 57.9 Å². The van der Waals surface area contributed by atoms with E-state index in [-0.39, 0.29) is 12.8 Å². The fraction of sp³-hybridized carbons (Fsp3) is 0.419. The molecule has 2 aliphatic rings. The lowest BCUT2D eigenvalue weighted by molar-refractivity contribution is -0.144. The maximum absolute atomic E-state index is 13.1. The van der Waals surface area contributed by atoms with Gasteiger partial charge >= 0.3 is 11.9 Å². The van der Waals surface area contributed by atoms with E-state index >= 15 is 0 Å². The molecule has 3 unspecified atom stereocenters. The lowest BCUT2D eigenvalue weighted by atomic mass is 9.55. The van der Waals surface area contributed by atoms with Gasteiger partial charge in [0.2, 0.25) is 0 Å². The molecule has 0 radical (unpaired) electrons. The van der Waals surface area contributed by atoms with Gasteiger partial charge in [-0.05, 0) is 65.9 Å². The Hall–Kier alpha value is -2.67. The van der Waals surface area contributed by atoms with E-state index in [4.69, 9.17) is 50.0 Å². The molecule has 0 saturated carbocycles. The van der Waals surface area contributed by atoms with Crippen LogP contribution in [-0.4, -0.2) is 34.9 Å². The Morgan fingerprint density at radius 1 is 1.00 bits per heavy atom. The zero-order chi connectivity index (χ0) is 29.7. The van der Waals surface area contributed by atoms with Crippen LogP contribution in [0.15, 0.2) is 61.0 Å². The molecule has 0 bridgehead atoms. The molecule has 2 aliphatic carbocycles. The number of alkyl halides is 3. The van der Waals surface area contributed by atoms with E-state index in [1.165, 1.54) is 20.4 Å². The van der Waals surface area contributed by atoms with E-state index in [1.807, 2.05) is 69.5 Å². The summed E-state index contributed by atoms with van der Waals surface area (Å²) in [5.41, 5.74) is 9.09. The number of hydrogen-bond donors (Lipinski definition) is 2. The van der Waals surface area contributed by atoms with Crippen LogP contribution in [0.1, 0.15) is 68.8 Å². The number of H-pyrrole nitrogens is 1. The van der Waals surface area contributed by atoms with Crippen LogP contribution in [0, 0.1) is 5.92 Å². The first kappa shape index (κ1) is 31.9. The molecule has 9 heteroatoms. The lowest BCUT2D eigenvalue weighted by Gasteiger charge is -2.51. The zero-order valence-electron chi connectivity index (χ0n) is 23.5. The van der Waals surface area contributed by atoms with E-state index in [9.17, 15) is 9.59 Å². The topological polar surface area (TPSA) is 94.4 Å². The van der Waals surface area contributed by atoms with Crippen molar-refractivity contribution in [1.82, 2.24) is 4.98 Å². The molecule has 3 atom stereocenters. The molecule has 2 aromatic rings. The second-order valence-electron chi connectivity index (χ2n) is 9.85. The number of aromatic nitrogens is 1. The number of hydrogen-bond acceptors (Lipinski definition) is 5. The third kappa shape index (κ3) is 5.59. The van der Waals surface area contributed by atoms with Crippen molar-refractivity contribution in [3.05, 3.63) is 83.3 Å². The number of esters is 2. The fourth-order valence-electron chi connectivity index (χ4n) is 6.72. The predicted molar refractivity (Wildman–Crippen MR) is 163 cm³/mol. The third-order valence-corrected chi connectivity index (χ3v) is 8.64. The van der Waals surface area contributed by atoms with Crippen molar-refractivity contribution in [2.75, 3.05) is 14.2 Å². The average molecular weight is 608 g/mol. The largest absolute Gasteiger partial charge is 0.469 e. The number of aromatic amines is 1. The Morgan fingerprint density at radius 2 is 1.57 bits per heavy atom. The van der Waals surface area contributed by atoms with Crippen molar-refractivity contribution in [3.63, 3.8) is 0 Å². The average Bonchev–Trinajstić information content (AvgIpc) is 3.62. The molecule has 0 spiro atoms. The first-order valence-electron chi connectivity index (χ1n) is 13.3. The smallest absolute Gasteiger partial charge is 0.306 e. The number of carbonyl (C=O) groups excluding carboxylic acids is 2. The van der Waals surface area contributed by atoms with Crippen LogP contribution < -0.4 is 5.73 Å². The highest BCUT2D eigenvalue weighted by molar-refractivity contribution is 6.68. The van der Waals surface area contributed by atoms with Gasteiger partial charge in [-0.25, -0.2) is 0 Å². The molecule has 0 aliphatic heterocycles. The Kier molecular flexibility index (Phi) is 10.3. The summed E-state index contributed by atoms with van der Waals surface area (Å²) in [6, 6.07) is 9.71. The minimum Gasteiger partial charge on any atom is -0.469 e. The Labute approximate surface area is 251 Å². The normalized spacial score (nSPS) is 24.4. The molecule has 216 valence electrons. The molecule has 1 heterocycles. The number of ether oxygens (including phenoxy) is 2. The van der Waals surface area contributed by atoms with Gasteiger partial charge < -0.3 is 20.2 Å². The zero-order valence-corrected chi connectivity index (χ0v) is 25.8. The molecular formula is C31H37Cl3N2O4. The van der Waals surface area contributed by atoms with Crippen molar-refractivity contribution in [1.29, 1.82) is 0 Å². The van der Waals surface area contributed by atoms with Crippen LogP contribution in [0.5, 0.6) is 0 Å². The minimum absolute atomic E-state index is 0.0445. The minimum atomic E-state index is -1.90. The van der Waals surface area contributed by atoms with Gasteiger partial charge in [0.05, 0.1) is 27.1 Å². The summed E-state index contributed by atoms with van der Waals surface area (Å²) >= 11 is 20.9. The van der Waals surface area contributed by atoms with E-state index in [1.54, 1.807) is 6.08 Å². The maximum Gasteiger partial charge on any atom is 0.306 e. The number of nitrogens with two attached hydrogens (primary N) is 1. The van der Waals surface area contributed by atoms with Crippen molar-refractivity contribution in [3.8, 4) is 0 Å². The highest BCUT2D eigenvalue weighted by atomic mass is 35.6. The molecule has 0 fully saturated rings. The van der Waals surface area contributed by atoms with E-state index < -0.39 is 32.5 Å². The molecule has 6 nitrogen and oxygen atoms in total. The van der Waals surface area contributed by atoms with Gasteiger partial charge in [-0.1, -0.05) is 85.1 Å². The number of methoxy groups -OCH3 is 2. The predicted octanol–water partition coefficient (Wildman–Crippen LogP) is 7.40. The van der Waals surface area contributed by atoms with E-state index in [2.05, 4.69) is 4.98 Å². The Bertz CT molecular complexity index is 1320. The summed E-state index contributed by atoms with van der Waals surface area (Å²) in [7, 11) is 2.69. The van der Waals surface area contributed by atoms with Crippen LogP contribution in [0.3, 0.4) is 0 Å².